The summed E-state index contributed by atoms with van der Waals surface area (Å²) in [7, 11) is 1.61. The number of rotatable bonds is 9. The molecular weight excluding hydrogens is 457 g/mol. The molecule has 186 valence electrons. The van der Waals surface area contributed by atoms with Crippen molar-refractivity contribution in [2.45, 2.75) is 39.8 Å². The van der Waals surface area contributed by atoms with Crippen LogP contribution in [0.25, 0.3) is 5.69 Å². The average molecular weight is 488 g/mol. The van der Waals surface area contributed by atoms with Crippen molar-refractivity contribution < 1.29 is 18.7 Å². The number of ether oxygens (including phenoxy) is 2. The summed E-state index contributed by atoms with van der Waals surface area (Å²) in [5.74, 6) is 1.32. The Morgan fingerprint density at radius 3 is 2.25 bits per heavy atom. The lowest BCUT2D eigenvalue weighted by Crippen LogP contribution is -2.38. The Labute approximate surface area is 210 Å². The molecule has 0 unspecified atom stereocenters. The van der Waals surface area contributed by atoms with Crippen molar-refractivity contribution in [2.75, 3.05) is 7.11 Å². The van der Waals surface area contributed by atoms with E-state index in [1.54, 1.807) is 16.7 Å². The maximum Gasteiger partial charge on any atom is 0.254 e. The smallest absolute Gasteiger partial charge is 0.254 e. The Morgan fingerprint density at radius 2 is 1.64 bits per heavy atom. The van der Waals surface area contributed by atoms with Crippen LogP contribution in [0, 0.1) is 12.7 Å². The van der Waals surface area contributed by atoms with Gasteiger partial charge in [0.2, 0.25) is 5.88 Å². The highest BCUT2D eigenvalue weighted by atomic mass is 19.1. The molecule has 0 saturated heterocycles. The van der Waals surface area contributed by atoms with Crippen molar-refractivity contribution in [1.82, 2.24) is 14.7 Å². The van der Waals surface area contributed by atoms with Gasteiger partial charge in [0.1, 0.15) is 17.3 Å². The summed E-state index contributed by atoms with van der Waals surface area (Å²) in [5.41, 5.74) is 2.82. The van der Waals surface area contributed by atoms with Gasteiger partial charge in [-0.15, -0.1) is 0 Å². The molecule has 7 heteroatoms. The predicted octanol–water partition coefficient (Wildman–Crippen LogP) is 6.56. The third-order valence-electron chi connectivity index (χ3n) is 6.22. The van der Waals surface area contributed by atoms with Gasteiger partial charge < -0.3 is 14.4 Å². The minimum atomic E-state index is -0.378. The second-order valence-corrected chi connectivity index (χ2v) is 8.59. The lowest BCUT2D eigenvalue weighted by molar-refractivity contribution is 0.0670. The van der Waals surface area contributed by atoms with E-state index < -0.39 is 0 Å². The van der Waals surface area contributed by atoms with Crippen LogP contribution in [0.4, 0.5) is 4.39 Å². The minimum Gasteiger partial charge on any atom is -0.497 e. The van der Waals surface area contributed by atoms with Crippen molar-refractivity contribution >= 4 is 5.91 Å². The Kier molecular flexibility index (Phi) is 7.68. The van der Waals surface area contributed by atoms with Gasteiger partial charge in [0, 0.05) is 11.6 Å². The summed E-state index contributed by atoms with van der Waals surface area (Å²) in [5, 5.41) is 4.77. The summed E-state index contributed by atoms with van der Waals surface area (Å²) in [6.07, 6.45) is 0.757. The summed E-state index contributed by atoms with van der Waals surface area (Å²) in [6, 6.07) is 22.6. The molecule has 3 aromatic carbocycles. The number of nitrogens with zero attached hydrogens (tertiary/aromatic N) is 3. The van der Waals surface area contributed by atoms with Crippen LogP contribution >= 0.6 is 0 Å². The van der Waals surface area contributed by atoms with Gasteiger partial charge in [-0.3, -0.25) is 4.79 Å². The van der Waals surface area contributed by atoms with Crippen molar-refractivity contribution in [2.24, 2.45) is 0 Å². The van der Waals surface area contributed by atoms with Gasteiger partial charge in [-0.05, 0) is 80.9 Å². The molecule has 0 saturated carbocycles. The molecule has 6 nitrogen and oxygen atoms in total. The molecule has 0 N–H and O–H groups in total. The first-order valence-electron chi connectivity index (χ1n) is 11.9. The molecule has 4 aromatic rings. The van der Waals surface area contributed by atoms with Crippen LogP contribution in [-0.2, 0) is 6.54 Å². The Morgan fingerprint density at radius 1 is 1.00 bits per heavy atom. The average Bonchev–Trinajstić information content (AvgIpc) is 3.22. The normalized spacial score (nSPS) is 11.7. The van der Waals surface area contributed by atoms with Crippen molar-refractivity contribution in [3.63, 3.8) is 0 Å². The fourth-order valence-corrected chi connectivity index (χ4v) is 3.90. The number of para-hydroxylation sites is 1. The maximum absolute atomic E-state index is 13.5. The highest BCUT2D eigenvalue weighted by Gasteiger charge is 2.27. The van der Waals surface area contributed by atoms with Gasteiger partial charge >= 0.3 is 0 Å². The van der Waals surface area contributed by atoms with E-state index in [0.717, 1.165) is 29.1 Å². The van der Waals surface area contributed by atoms with Crippen LogP contribution in [0.1, 0.15) is 41.9 Å². The molecule has 1 heterocycles. The van der Waals surface area contributed by atoms with E-state index in [-0.39, 0.29) is 24.3 Å². The number of carbonyl (C=O) groups excluding carboxylic acids is 1. The summed E-state index contributed by atoms with van der Waals surface area (Å²) in [4.78, 5) is 15.3. The molecule has 1 atom stereocenters. The van der Waals surface area contributed by atoms with E-state index in [9.17, 15) is 9.18 Å². The molecule has 1 amide bonds. The fourth-order valence-electron chi connectivity index (χ4n) is 3.90. The first kappa shape index (κ1) is 25.0. The Bertz CT molecular complexity index is 1300. The van der Waals surface area contributed by atoms with Gasteiger partial charge in [0.15, 0.2) is 0 Å². The number of hydrogen-bond donors (Lipinski definition) is 0. The highest BCUT2D eigenvalue weighted by molar-refractivity contribution is 5.94. The zero-order chi connectivity index (χ0) is 25.7. The molecule has 0 spiro atoms. The number of amides is 1. The number of carbonyl (C=O) groups is 1. The molecule has 0 bridgehead atoms. The van der Waals surface area contributed by atoms with Crippen LogP contribution < -0.4 is 9.47 Å². The molecule has 0 aliphatic heterocycles. The van der Waals surface area contributed by atoms with E-state index in [1.807, 2.05) is 75.4 Å². The number of aryl methyl sites for hydroxylation is 1. The number of aromatic nitrogens is 2. The number of hydrogen-bond acceptors (Lipinski definition) is 4. The second-order valence-electron chi connectivity index (χ2n) is 8.59. The lowest BCUT2D eigenvalue weighted by Gasteiger charge is -2.29. The largest absolute Gasteiger partial charge is 0.497 e. The third-order valence-corrected chi connectivity index (χ3v) is 6.22. The minimum absolute atomic E-state index is 0.0594. The van der Waals surface area contributed by atoms with Crippen LogP contribution in [0.15, 0.2) is 78.9 Å². The zero-order valence-electron chi connectivity index (χ0n) is 20.9. The zero-order valence-corrected chi connectivity index (χ0v) is 20.9. The number of halogens is 1. The van der Waals surface area contributed by atoms with Crippen LogP contribution in [0.5, 0.6) is 17.4 Å². The summed E-state index contributed by atoms with van der Waals surface area (Å²) >= 11 is 0. The van der Waals surface area contributed by atoms with Crippen LogP contribution in [-0.4, -0.2) is 33.7 Å². The first-order chi connectivity index (χ1) is 17.4. The SMILES string of the molecule is CC[C@H](C)N(Cc1c(C)nn(-c2ccccc2)c1Oc1ccc(OC)cc1)C(=O)c1ccc(F)cc1. The lowest BCUT2D eigenvalue weighted by atomic mass is 10.1. The third kappa shape index (κ3) is 5.40. The molecule has 0 fully saturated rings. The second kappa shape index (κ2) is 11.1. The van der Waals surface area contributed by atoms with Gasteiger partial charge in [-0.25, -0.2) is 9.07 Å². The van der Waals surface area contributed by atoms with E-state index >= 15 is 0 Å². The molecule has 0 aliphatic rings. The van der Waals surface area contributed by atoms with Crippen LogP contribution in [0.2, 0.25) is 0 Å². The predicted molar refractivity (Wildman–Crippen MR) is 137 cm³/mol. The van der Waals surface area contributed by atoms with Crippen molar-refractivity contribution in [3.05, 3.63) is 102 Å². The quantitative estimate of drug-likeness (QED) is 0.268. The molecular formula is C29H30FN3O3. The van der Waals surface area contributed by atoms with Crippen molar-refractivity contribution in [1.29, 1.82) is 0 Å². The van der Waals surface area contributed by atoms with E-state index in [1.165, 1.54) is 24.3 Å². The standard InChI is InChI=1S/C29H30FN3O3/c1-5-20(2)32(28(34)22-11-13-23(30)14-12-22)19-27-21(3)31-33(24-9-7-6-8-10-24)29(27)36-26-17-15-25(35-4)16-18-26/h6-18,20H,5,19H2,1-4H3/t20-/m0/s1. The van der Waals surface area contributed by atoms with E-state index in [2.05, 4.69) is 0 Å². The summed E-state index contributed by atoms with van der Waals surface area (Å²) in [6.45, 7) is 6.23. The molecule has 0 radical (unpaired) electrons. The summed E-state index contributed by atoms with van der Waals surface area (Å²) < 4.78 is 26.9. The topological polar surface area (TPSA) is 56.6 Å². The van der Waals surface area contributed by atoms with E-state index in [0.29, 0.717) is 17.2 Å². The Hall–Kier alpha value is -4.13. The fraction of sp³-hybridized carbons (Fsp3) is 0.241. The van der Waals surface area contributed by atoms with E-state index in [4.69, 9.17) is 14.6 Å². The first-order valence-corrected chi connectivity index (χ1v) is 11.9. The van der Waals surface area contributed by atoms with Gasteiger partial charge in [-0.1, -0.05) is 25.1 Å². The molecule has 36 heavy (non-hydrogen) atoms. The maximum atomic E-state index is 13.5. The molecule has 4 rings (SSSR count). The number of benzene rings is 3. The van der Waals surface area contributed by atoms with Crippen molar-refractivity contribution in [3.8, 4) is 23.1 Å². The Balaban J connectivity index is 1.76. The molecule has 1 aromatic heterocycles. The monoisotopic (exact) mass is 487 g/mol. The molecule has 0 aliphatic carbocycles. The van der Waals surface area contributed by atoms with Gasteiger partial charge in [0.05, 0.1) is 30.6 Å². The van der Waals surface area contributed by atoms with Gasteiger partial charge in [0.25, 0.3) is 5.91 Å². The van der Waals surface area contributed by atoms with Gasteiger partial charge in [-0.2, -0.15) is 5.10 Å². The highest BCUT2D eigenvalue weighted by Crippen LogP contribution is 2.33. The van der Waals surface area contributed by atoms with Crippen LogP contribution in [0.3, 0.4) is 0 Å². The number of methoxy groups -OCH3 is 1.